The van der Waals surface area contributed by atoms with Crippen LogP contribution in [0.5, 0.6) is 0 Å². The summed E-state index contributed by atoms with van der Waals surface area (Å²) in [4.78, 5) is 11.0. The van der Waals surface area contributed by atoms with E-state index in [1.165, 1.54) is 0 Å². The van der Waals surface area contributed by atoms with Crippen LogP contribution in [-0.2, 0) is 4.79 Å². The van der Waals surface area contributed by atoms with Crippen LogP contribution >= 0.6 is 0 Å². The third-order valence-corrected chi connectivity index (χ3v) is 3.04. The van der Waals surface area contributed by atoms with Gasteiger partial charge in [0.05, 0.1) is 5.92 Å². The highest BCUT2D eigenvalue weighted by atomic mass is 16.4. The fourth-order valence-electron chi connectivity index (χ4n) is 1.73. The highest BCUT2D eigenvalue weighted by Crippen LogP contribution is 2.20. The van der Waals surface area contributed by atoms with E-state index in [1.54, 1.807) is 0 Å². The minimum absolute atomic E-state index is 0.00912. The molecule has 3 unspecified atom stereocenters. The van der Waals surface area contributed by atoms with E-state index < -0.39 is 5.97 Å². The largest absolute Gasteiger partial charge is 0.481 e. The van der Waals surface area contributed by atoms with Gasteiger partial charge < -0.3 is 10.8 Å². The Morgan fingerprint density at radius 2 is 1.80 bits per heavy atom. The molecule has 0 radical (unpaired) electrons. The Morgan fingerprint density at radius 1 is 1.27 bits per heavy atom. The standard InChI is InChI=1S/C12H25NO2/c1-5-9(4)11(13)7-10(12(14)15)6-8(2)3/h8-11H,5-7,13H2,1-4H3,(H,14,15). The molecule has 0 amide bonds. The topological polar surface area (TPSA) is 63.3 Å². The molecule has 3 heteroatoms. The first-order valence-electron chi connectivity index (χ1n) is 5.86. The molecule has 0 aromatic rings. The van der Waals surface area contributed by atoms with E-state index in [1.807, 2.05) is 13.8 Å². The fraction of sp³-hybridized carbons (Fsp3) is 0.917. The number of carboxylic acids is 1. The SMILES string of the molecule is CCC(C)C(N)CC(CC(C)C)C(=O)O. The van der Waals surface area contributed by atoms with E-state index >= 15 is 0 Å². The van der Waals surface area contributed by atoms with Crippen LogP contribution in [-0.4, -0.2) is 17.1 Å². The lowest BCUT2D eigenvalue weighted by Gasteiger charge is -2.23. The zero-order chi connectivity index (χ0) is 12.0. The second-order valence-corrected chi connectivity index (χ2v) is 4.95. The molecule has 0 aromatic heterocycles. The lowest BCUT2D eigenvalue weighted by molar-refractivity contribution is -0.142. The van der Waals surface area contributed by atoms with Gasteiger partial charge in [-0.05, 0) is 24.7 Å². The summed E-state index contributed by atoms with van der Waals surface area (Å²) in [7, 11) is 0. The van der Waals surface area contributed by atoms with Crippen molar-refractivity contribution in [3.8, 4) is 0 Å². The number of hydrogen-bond donors (Lipinski definition) is 2. The van der Waals surface area contributed by atoms with Gasteiger partial charge in [0.1, 0.15) is 0 Å². The van der Waals surface area contributed by atoms with Crippen LogP contribution in [0.4, 0.5) is 0 Å². The van der Waals surface area contributed by atoms with Crippen molar-refractivity contribution in [2.24, 2.45) is 23.5 Å². The second-order valence-electron chi connectivity index (χ2n) is 4.95. The minimum Gasteiger partial charge on any atom is -0.481 e. The molecule has 0 heterocycles. The molecule has 0 rings (SSSR count). The molecule has 0 aromatic carbocycles. The predicted octanol–water partition coefficient (Wildman–Crippen LogP) is 2.50. The Hall–Kier alpha value is -0.570. The first-order chi connectivity index (χ1) is 6.88. The number of nitrogens with two attached hydrogens (primary N) is 1. The summed E-state index contributed by atoms with van der Waals surface area (Å²) in [5.74, 6) is -0.175. The van der Waals surface area contributed by atoms with Crippen molar-refractivity contribution >= 4 is 5.97 Å². The number of aliphatic carboxylic acids is 1. The molecule has 3 nitrogen and oxygen atoms in total. The number of rotatable bonds is 7. The molecule has 0 bridgehead atoms. The normalized spacial score (nSPS) is 17.5. The molecule has 0 fully saturated rings. The fourth-order valence-corrected chi connectivity index (χ4v) is 1.73. The van der Waals surface area contributed by atoms with Crippen LogP contribution in [0.2, 0.25) is 0 Å². The van der Waals surface area contributed by atoms with Crippen LogP contribution in [0.3, 0.4) is 0 Å². The van der Waals surface area contributed by atoms with Gasteiger partial charge in [0.15, 0.2) is 0 Å². The Kier molecular flexibility index (Phi) is 6.57. The molecule has 3 N–H and O–H groups in total. The number of carboxylic acid groups (broad SMARTS) is 1. The van der Waals surface area contributed by atoms with Crippen molar-refractivity contribution in [1.82, 2.24) is 0 Å². The lowest BCUT2D eigenvalue weighted by Crippen LogP contribution is -2.33. The van der Waals surface area contributed by atoms with E-state index in [-0.39, 0.29) is 12.0 Å². The third kappa shape index (κ3) is 5.78. The average molecular weight is 215 g/mol. The molecular formula is C12H25NO2. The van der Waals surface area contributed by atoms with Gasteiger partial charge in [0.2, 0.25) is 0 Å². The van der Waals surface area contributed by atoms with Crippen LogP contribution in [0, 0.1) is 17.8 Å². The second kappa shape index (κ2) is 6.83. The lowest BCUT2D eigenvalue weighted by atomic mass is 9.86. The zero-order valence-corrected chi connectivity index (χ0v) is 10.4. The van der Waals surface area contributed by atoms with E-state index in [0.29, 0.717) is 18.3 Å². The summed E-state index contributed by atoms with van der Waals surface area (Å²) < 4.78 is 0. The van der Waals surface area contributed by atoms with Crippen molar-refractivity contribution in [3.63, 3.8) is 0 Å². The average Bonchev–Trinajstić information content (AvgIpc) is 2.14. The van der Waals surface area contributed by atoms with Crippen molar-refractivity contribution in [2.45, 2.75) is 53.0 Å². The van der Waals surface area contributed by atoms with Gasteiger partial charge in [0, 0.05) is 6.04 Å². The number of carbonyl (C=O) groups is 1. The Morgan fingerprint density at radius 3 is 2.13 bits per heavy atom. The summed E-state index contributed by atoms with van der Waals surface area (Å²) in [6.07, 6.45) is 2.33. The number of hydrogen-bond acceptors (Lipinski definition) is 2. The maximum atomic E-state index is 11.0. The molecule has 90 valence electrons. The van der Waals surface area contributed by atoms with Gasteiger partial charge in [0.25, 0.3) is 0 Å². The molecular weight excluding hydrogens is 190 g/mol. The molecule has 0 aliphatic carbocycles. The van der Waals surface area contributed by atoms with Gasteiger partial charge in [-0.15, -0.1) is 0 Å². The smallest absolute Gasteiger partial charge is 0.306 e. The maximum Gasteiger partial charge on any atom is 0.306 e. The van der Waals surface area contributed by atoms with Gasteiger partial charge in [-0.25, -0.2) is 0 Å². The minimum atomic E-state index is -0.706. The molecule has 0 saturated carbocycles. The Balaban J connectivity index is 4.22. The molecule has 3 atom stereocenters. The predicted molar refractivity (Wildman–Crippen MR) is 62.6 cm³/mol. The summed E-state index contributed by atoms with van der Waals surface area (Å²) in [6, 6.07) is 0.00912. The van der Waals surface area contributed by atoms with Crippen LogP contribution in [0.1, 0.15) is 47.0 Å². The molecule has 0 spiro atoms. The highest BCUT2D eigenvalue weighted by Gasteiger charge is 2.23. The quantitative estimate of drug-likeness (QED) is 0.686. The third-order valence-electron chi connectivity index (χ3n) is 3.04. The van der Waals surface area contributed by atoms with Gasteiger partial charge in [-0.1, -0.05) is 34.1 Å². The summed E-state index contributed by atoms with van der Waals surface area (Å²) in [5, 5.41) is 9.07. The monoisotopic (exact) mass is 215 g/mol. The van der Waals surface area contributed by atoms with Crippen molar-refractivity contribution < 1.29 is 9.90 Å². The van der Waals surface area contributed by atoms with Crippen LogP contribution in [0.15, 0.2) is 0 Å². The van der Waals surface area contributed by atoms with E-state index in [4.69, 9.17) is 10.8 Å². The van der Waals surface area contributed by atoms with Crippen molar-refractivity contribution in [2.75, 3.05) is 0 Å². The van der Waals surface area contributed by atoms with E-state index in [0.717, 1.165) is 12.8 Å². The van der Waals surface area contributed by atoms with Crippen LogP contribution in [0.25, 0.3) is 0 Å². The first-order valence-corrected chi connectivity index (χ1v) is 5.86. The molecule has 0 saturated heterocycles. The van der Waals surface area contributed by atoms with Gasteiger partial charge in [-0.2, -0.15) is 0 Å². The maximum absolute atomic E-state index is 11.0. The Bertz CT molecular complexity index is 192. The first kappa shape index (κ1) is 14.4. The summed E-state index contributed by atoms with van der Waals surface area (Å²) >= 11 is 0. The van der Waals surface area contributed by atoms with Gasteiger partial charge >= 0.3 is 5.97 Å². The van der Waals surface area contributed by atoms with Crippen molar-refractivity contribution in [1.29, 1.82) is 0 Å². The summed E-state index contributed by atoms with van der Waals surface area (Å²) in [6.45, 7) is 8.26. The van der Waals surface area contributed by atoms with Crippen LogP contribution < -0.4 is 5.73 Å². The van der Waals surface area contributed by atoms with E-state index in [9.17, 15) is 4.79 Å². The highest BCUT2D eigenvalue weighted by molar-refractivity contribution is 5.70. The van der Waals surface area contributed by atoms with E-state index in [2.05, 4.69) is 13.8 Å². The molecule has 0 aliphatic heterocycles. The molecule has 15 heavy (non-hydrogen) atoms. The Labute approximate surface area is 93.0 Å². The summed E-state index contributed by atoms with van der Waals surface area (Å²) in [5.41, 5.74) is 5.98. The van der Waals surface area contributed by atoms with Gasteiger partial charge in [-0.3, -0.25) is 4.79 Å². The van der Waals surface area contributed by atoms with Crippen molar-refractivity contribution in [3.05, 3.63) is 0 Å². The molecule has 0 aliphatic rings. The zero-order valence-electron chi connectivity index (χ0n) is 10.4.